The van der Waals surface area contributed by atoms with Gasteiger partial charge in [-0.2, -0.15) is 4.98 Å². The number of aliphatic imine (C=N–C) groups is 1. The summed E-state index contributed by atoms with van der Waals surface area (Å²) in [7, 11) is 0. The fraction of sp³-hybridized carbons (Fsp3) is 0.345. The number of aryl methyl sites for hydroxylation is 1. The van der Waals surface area contributed by atoms with Gasteiger partial charge in [0.1, 0.15) is 17.4 Å². The van der Waals surface area contributed by atoms with Gasteiger partial charge in [0.15, 0.2) is 5.78 Å². The molecule has 0 spiro atoms. The van der Waals surface area contributed by atoms with E-state index >= 15 is 0 Å². The number of ether oxygens (including phenoxy) is 2. The van der Waals surface area contributed by atoms with Gasteiger partial charge in [-0.25, -0.2) is 9.37 Å². The molecule has 1 N–H and O–H groups in total. The van der Waals surface area contributed by atoms with Crippen molar-refractivity contribution in [2.75, 3.05) is 19.8 Å². The smallest absolute Gasteiger partial charge is 0.256 e. The molecule has 2 aromatic carbocycles. The van der Waals surface area contributed by atoms with Crippen molar-refractivity contribution in [3.8, 4) is 22.9 Å². The topological polar surface area (TPSA) is 114 Å². The molecule has 1 saturated heterocycles. The Labute approximate surface area is 225 Å². The molecule has 39 heavy (non-hydrogen) atoms. The van der Waals surface area contributed by atoms with Crippen LogP contribution in [0.1, 0.15) is 52.7 Å². The van der Waals surface area contributed by atoms with E-state index < -0.39 is 6.10 Å². The van der Waals surface area contributed by atoms with E-state index in [-0.39, 0.29) is 30.1 Å². The maximum absolute atomic E-state index is 13.2. The van der Waals surface area contributed by atoms with Crippen LogP contribution in [-0.2, 0) is 0 Å². The second kappa shape index (κ2) is 11.3. The summed E-state index contributed by atoms with van der Waals surface area (Å²) in [4.78, 5) is 40.2. The maximum Gasteiger partial charge on any atom is 0.256 e. The molecule has 5 rings (SSSR count). The van der Waals surface area contributed by atoms with Crippen molar-refractivity contribution in [1.29, 1.82) is 0 Å². The minimum absolute atomic E-state index is 0.216. The average Bonchev–Trinajstić information content (AvgIpc) is 3.23. The first kappa shape index (κ1) is 26.4. The molecule has 1 fully saturated rings. The quantitative estimate of drug-likeness (QED) is 0.322. The second-order valence-electron chi connectivity index (χ2n) is 9.66. The molecule has 2 atom stereocenters. The van der Waals surface area contributed by atoms with Gasteiger partial charge in [0, 0.05) is 36.9 Å². The fourth-order valence-electron chi connectivity index (χ4n) is 4.73. The molecule has 1 amide bonds. The molecule has 1 aromatic heterocycles. The zero-order valence-corrected chi connectivity index (χ0v) is 21.8. The molecule has 3 aromatic rings. The van der Waals surface area contributed by atoms with Gasteiger partial charge < -0.3 is 19.5 Å². The highest BCUT2D eigenvalue weighted by atomic mass is 19.1. The number of benzene rings is 2. The lowest BCUT2D eigenvalue weighted by atomic mass is 10.0. The summed E-state index contributed by atoms with van der Waals surface area (Å²) in [6.45, 7) is 4.18. The zero-order valence-electron chi connectivity index (χ0n) is 21.8. The molecule has 9 nitrogen and oxygen atoms in total. The van der Waals surface area contributed by atoms with Crippen LogP contribution in [0.25, 0.3) is 11.3 Å². The summed E-state index contributed by atoms with van der Waals surface area (Å²) < 4.78 is 25.0. The molecule has 0 bridgehead atoms. The third-order valence-corrected chi connectivity index (χ3v) is 6.68. The van der Waals surface area contributed by atoms with Crippen LogP contribution < -0.4 is 9.47 Å². The molecule has 0 radical (unpaired) electrons. The van der Waals surface area contributed by atoms with E-state index in [1.54, 1.807) is 48.4 Å². The van der Waals surface area contributed by atoms with Crippen LogP contribution in [0.15, 0.2) is 47.5 Å². The van der Waals surface area contributed by atoms with E-state index in [1.807, 2.05) is 0 Å². The van der Waals surface area contributed by atoms with Crippen LogP contribution in [0.5, 0.6) is 11.6 Å². The number of carbonyl (C=O) groups excluding carboxylic acids is 2. The Morgan fingerprint density at radius 1 is 1.10 bits per heavy atom. The number of fused-ring (bicyclic) bond motifs is 2. The number of Topliss-reactive ketones (excluding diaryl/α,β-unsaturated/α-hetero) is 1. The summed E-state index contributed by atoms with van der Waals surface area (Å²) in [6.07, 6.45) is 2.85. The summed E-state index contributed by atoms with van der Waals surface area (Å²) in [5.74, 6) is 0.580. The van der Waals surface area contributed by atoms with E-state index in [4.69, 9.17) is 9.47 Å². The Kier molecular flexibility index (Phi) is 7.65. The Morgan fingerprint density at radius 3 is 2.59 bits per heavy atom. The maximum atomic E-state index is 13.2. The number of carbonyl (C=O) groups is 2. The number of rotatable bonds is 9. The highest BCUT2D eigenvalue weighted by molar-refractivity contribution is 6.06. The number of halogens is 1. The predicted molar refractivity (Wildman–Crippen MR) is 142 cm³/mol. The van der Waals surface area contributed by atoms with Crippen LogP contribution in [0.4, 0.5) is 10.1 Å². The normalized spacial score (nSPS) is 17.9. The van der Waals surface area contributed by atoms with E-state index in [1.165, 1.54) is 19.1 Å². The van der Waals surface area contributed by atoms with Crippen LogP contribution in [0, 0.1) is 12.7 Å². The van der Waals surface area contributed by atoms with Crippen LogP contribution in [0.3, 0.4) is 0 Å². The van der Waals surface area contributed by atoms with E-state index in [0.717, 1.165) is 5.56 Å². The molecule has 202 valence electrons. The van der Waals surface area contributed by atoms with Crippen molar-refractivity contribution in [1.82, 2.24) is 14.9 Å². The number of hydrogen-bond donors (Lipinski definition) is 1. The Balaban J connectivity index is 1.18. The van der Waals surface area contributed by atoms with Gasteiger partial charge in [0.25, 0.3) is 5.91 Å². The Morgan fingerprint density at radius 2 is 1.85 bits per heavy atom. The van der Waals surface area contributed by atoms with Crippen molar-refractivity contribution in [2.24, 2.45) is 4.99 Å². The van der Waals surface area contributed by atoms with E-state index in [2.05, 4.69) is 15.0 Å². The number of amides is 1. The van der Waals surface area contributed by atoms with Gasteiger partial charge in [-0.15, -0.1) is 0 Å². The predicted octanol–water partition coefficient (Wildman–Crippen LogP) is 4.32. The highest BCUT2D eigenvalue weighted by Crippen LogP contribution is 2.34. The molecule has 2 aliphatic heterocycles. The minimum Gasteiger partial charge on any atom is -0.493 e. The second-order valence-corrected chi connectivity index (χ2v) is 9.66. The molecule has 10 heteroatoms. The number of aliphatic hydroxyl groups is 1. The Hall–Kier alpha value is -4.18. The number of hydrogen-bond acceptors (Lipinski definition) is 8. The molecule has 0 saturated carbocycles. The molecule has 3 heterocycles. The average molecular weight is 533 g/mol. The molecule has 2 aliphatic rings. The standard InChI is InChI=1S/C29H29FN4O5/c1-17(35)23-12-24-26(31-15-21-11-22(36)16-34(21)29(24)37)13-27(23)38-9-3-4-10-39-28-14-25(32-18(2)33-28)19-5-7-20(30)8-6-19/h5-8,12-15,21-22,36H,3-4,9-11,16H2,1-2H3/t21-,22?/m0/s1. The van der Waals surface area contributed by atoms with Crippen molar-refractivity contribution >= 4 is 23.6 Å². The van der Waals surface area contributed by atoms with Crippen LogP contribution >= 0.6 is 0 Å². The summed E-state index contributed by atoms with van der Waals surface area (Å²) in [5.41, 5.74) is 2.51. The number of unbranched alkanes of at least 4 members (excludes halogenated alkanes) is 1. The largest absolute Gasteiger partial charge is 0.493 e. The lowest BCUT2D eigenvalue weighted by Crippen LogP contribution is -2.35. The number of aromatic nitrogens is 2. The van der Waals surface area contributed by atoms with Crippen LogP contribution in [0.2, 0.25) is 0 Å². The van der Waals surface area contributed by atoms with Gasteiger partial charge in [-0.1, -0.05) is 0 Å². The monoisotopic (exact) mass is 532 g/mol. The van der Waals surface area contributed by atoms with E-state index in [9.17, 15) is 19.1 Å². The first-order valence-corrected chi connectivity index (χ1v) is 12.9. The number of aliphatic hydroxyl groups excluding tert-OH is 1. The van der Waals surface area contributed by atoms with Gasteiger partial charge in [0.05, 0.1) is 47.9 Å². The van der Waals surface area contributed by atoms with Crippen molar-refractivity contribution < 1.29 is 28.6 Å². The number of ketones is 1. The molecule has 0 aliphatic carbocycles. The van der Waals surface area contributed by atoms with Crippen LogP contribution in [-0.4, -0.2) is 69.8 Å². The SMILES string of the molecule is CC(=O)c1cc2c(cc1OCCCCOc1cc(-c3ccc(F)cc3)nc(C)n1)N=C[C@@H]1CC(O)CN1C2=O. The fourth-order valence-corrected chi connectivity index (χ4v) is 4.73. The van der Waals surface area contributed by atoms with Gasteiger partial charge in [-0.05, 0) is 57.0 Å². The van der Waals surface area contributed by atoms with Crippen molar-refractivity contribution in [3.05, 3.63) is 65.2 Å². The highest BCUT2D eigenvalue weighted by Gasteiger charge is 2.36. The minimum atomic E-state index is -0.582. The van der Waals surface area contributed by atoms with Gasteiger partial charge in [-0.3, -0.25) is 14.6 Å². The van der Waals surface area contributed by atoms with Crippen molar-refractivity contribution in [3.63, 3.8) is 0 Å². The Bertz CT molecular complexity index is 1430. The van der Waals surface area contributed by atoms with Crippen molar-refractivity contribution in [2.45, 2.75) is 45.3 Å². The summed E-state index contributed by atoms with van der Waals surface area (Å²) in [6, 6.07) is 10.7. The first-order chi connectivity index (χ1) is 18.8. The van der Waals surface area contributed by atoms with Gasteiger partial charge >= 0.3 is 0 Å². The molecular weight excluding hydrogens is 503 g/mol. The lowest BCUT2D eigenvalue weighted by Gasteiger charge is -2.20. The third-order valence-electron chi connectivity index (χ3n) is 6.68. The third kappa shape index (κ3) is 5.96. The summed E-state index contributed by atoms with van der Waals surface area (Å²) >= 11 is 0. The molecule has 1 unspecified atom stereocenters. The zero-order chi connectivity index (χ0) is 27.5. The number of nitrogens with zero attached hydrogens (tertiary/aromatic N) is 4. The van der Waals surface area contributed by atoms with E-state index in [0.29, 0.717) is 72.4 Å². The lowest BCUT2D eigenvalue weighted by molar-refractivity contribution is 0.0750. The molecular formula is C29H29FN4O5. The summed E-state index contributed by atoms with van der Waals surface area (Å²) in [5, 5.41) is 9.95. The van der Waals surface area contributed by atoms with Gasteiger partial charge in [0.2, 0.25) is 5.88 Å². The first-order valence-electron chi connectivity index (χ1n) is 12.9.